The highest BCUT2D eigenvalue weighted by Crippen LogP contribution is 2.34. The van der Waals surface area contributed by atoms with E-state index in [1.807, 2.05) is 0 Å². The SMILES string of the molecule is CCC(CC)(CN)CN1CCOC2CCCC21. The molecule has 0 spiro atoms. The summed E-state index contributed by atoms with van der Waals surface area (Å²) in [5.41, 5.74) is 6.35. The fraction of sp³-hybridized carbons (Fsp3) is 1.00. The lowest BCUT2D eigenvalue weighted by atomic mass is 9.81. The van der Waals surface area contributed by atoms with Crippen LogP contribution < -0.4 is 5.73 Å². The molecule has 2 rings (SSSR count). The van der Waals surface area contributed by atoms with Gasteiger partial charge < -0.3 is 10.5 Å². The van der Waals surface area contributed by atoms with Crippen LogP contribution in [0.15, 0.2) is 0 Å². The first-order valence-electron chi connectivity index (χ1n) is 7.30. The molecule has 2 atom stereocenters. The van der Waals surface area contributed by atoms with Crippen LogP contribution in [0, 0.1) is 5.41 Å². The molecule has 100 valence electrons. The Balaban J connectivity index is 2.01. The number of ether oxygens (including phenoxy) is 1. The first kappa shape index (κ1) is 13.3. The molecule has 2 N–H and O–H groups in total. The summed E-state index contributed by atoms with van der Waals surface area (Å²) in [4.78, 5) is 2.67. The van der Waals surface area contributed by atoms with Crippen LogP contribution in [0.2, 0.25) is 0 Å². The van der Waals surface area contributed by atoms with E-state index in [1.165, 1.54) is 38.6 Å². The Labute approximate surface area is 106 Å². The van der Waals surface area contributed by atoms with E-state index >= 15 is 0 Å². The molecule has 1 saturated heterocycles. The summed E-state index contributed by atoms with van der Waals surface area (Å²) in [6, 6.07) is 0.674. The highest BCUT2D eigenvalue weighted by Gasteiger charge is 2.39. The molecule has 2 aliphatic rings. The van der Waals surface area contributed by atoms with Crippen molar-refractivity contribution in [3.63, 3.8) is 0 Å². The van der Waals surface area contributed by atoms with Gasteiger partial charge in [0.2, 0.25) is 0 Å². The Morgan fingerprint density at radius 2 is 2.06 bits per heavy atom. The van der Waals surface area contributed by atoms with E-state index in [4.69, 9.17) is 10.5 Å². The lowest BCUT2D eigenvalue weighted by Gasteiger charge is -2.43. The minimum atomic E-state index is 0.324. The Kier molecular flexibility index (Phi) is 4.45. The largest absolute Gasteiger partial charge is 0.375 e. The van der Waals surface area contributed by atoms with Crippen LogP contribution in [0.1, 0.15) is 46.0 Å². The number of nitrogens with two attached hydrogens (primary N) is 1. The Morgan fingerprint density at radius 1 is 1.29 bits per heavy atom. The van der Waals surface area contributed by atoms with Gasteiger partial charge >= 0.3 is 0 Å². The lowest BCUT2D eigenvalue weighted by molar-refractivity contribution is -0.0688. The number of hydrogen-bond donors (Lipinski definition) is 1. The molecule has 2 fully saturated rings. The van der Waals surface area contributed by atoms with E-state index in [-0.39, 0.29) is 0 Å². The van der Waals surface area contributed by atoms with E-state index in [9.17, 15) is 0 Å². The van der Waals surface area contributed by atoms with Crippen molar-refractivity contribution in [1.82, 2.24) is 4.90 Å². The third kappa shape index (κ3) is 2.67. The summed E-state index contributed by atoms with van der Waals surface area (Å²) >= 11 is 0. The van der Waals surface area contributed by atoms with Crippen LogP contribution in [0.4, 0.5) is 0 Å². The molecule has 3 nitrogen and oxygen atoms in total. The van der Waals surface area contributed by atoms with Gasteiger partial charge in [-0.3, -0.25) is 4.90 Å². The Hall–Kier alpha value is -0.120. The van der Waals surface area contributed by atoms with E-state index in [1.54, 1.807) is 0 Å². The van der Waals surface area contributed by atoms with Crippen LogP contribution in [0.5, 0.6) is 0 Å². The Morgan fingerprint density at radius 3 is 2.71 bits per heavy atom. The van der Waals surface area contributed by atoms with Crippen molar-refractivity contribution in [2.45, 2.75) is 58.1 Å². The summed E-state index contributed by atoms with van der Waals surface area (Å²) in [6.45, 7) is 8.56. The van der Waals surface area contributed by atoms with Gasteiger partial charge in [-0.05, 0) is 44.1 Å². The van der Waals surface area contributed by atoms with Gasteiger partial charge in [0.1, 0.15) is 0 Å². The second kappa shape index (κ2) is 5.68. The average Bonchev–Trinajstić information content (AvgIpc) is 2.85. The number of fused-ring (bicyclic) bond motifs is 1. The van der Waals surface area contributed by atoms with Gasteiger partial charge in [0.25, 0.3) is 0 Å². The molecule has 0 radical (unpaired) electrons. The molecule has 0 aromatic rings. The molecule has 0 aromatic carbocycles. The van der Waals surface area contributed by atoms with E-state index in [0.717, 1.165) is 19.7 Å². The number of morpholine rings is 1. The zero-order valence-corrected chi connectivity index (χ0v) is 11.5. The topological polar surface area (TPSA) is 38.5 Å². The molecule has 1 saturated carbocycles. The monoisotopic (exact) mass is 240 g/mol. The first-order valence-corrected chi connectivity index (χ1v) is 7.30. The zero-order valence-electron chi connectivity index (χ0n) is 11.5. The molecule has 2 unspecified atom stereocenters. The minimum absolute atomic E-state index is 0.324. The van der Waals surface area contributed by atoms with Crippen molar-refractivity contribution < 1.29 is 4.74 Å². The molecule has 0 bridgehead atoms. The number of rotatable bonds is 5. The maximum Gasteiger partial charge on any atom is 0.0730 e. The predicted molar refractivity (Wildman–Crippen MR) is 71.0 cm³/mol. The number of nitrogens with zero attached hydrogens (tertiary/aromatic N) is 1. The lowest BCUT2D eigenvalue weighted by Crippen LogP contribution is -2.53. The normalized spacial score (nSPS) is 30.5. The molecular formula is C14H28N2O. The van der Waals surface area contributed by atoms with Crippen molar-refractivity contribution in [1.29, 1.82) is 0 Å². The van der Waals surface area contributed by atoms with Crippen molar-refractivity contribution in [2.24, 2.45) is 11.1 Å². The van der Waals surface area contributed by atoms with Gasteiger partial charge in [0, 0.05) is 19.1 Å². The maximum atomic E-state index is 6.03. The van der Waals surface area contributed by atoms with Crippen LogP contribution >= 0.6 is 0 Å². The van der Waals surface area contributed by atoms with Gasteiger partial charge in [-0.1, -0.05) is 13.8 Å². The molecule has 17 heavy (non-hydrogen) atoms. The average molecular weight is 240 g/mol. The number of hydrogen-bond acceptors (Lipinski definition) is 3. The molecule has 3 heteroatoms. The fourth-order valence-electron chi connectivity index (χ4n) is 3.46. The van der Waals surface area contributed by atoms with Crippen molar-refractivity contribution in [2.75, 3.05) is 26.2 Å². The summed E-state index contributed by atoms with van der Waals surface area (Å²) in [5, 5.41) is 0. The van der Waals surface area contributed by atoms with E-state index in [0.29, 0.717) is 17.6 Å². The quantitative estimate of drug-likeness (QED) is 0.799. The highest BCUT2D eigenvalue weighted by molar-refractivity contribution is 4.92. The molecule has 1 aliphatic heterocycles. The summed E-state index contributed by atoms with van der Waals surface area (Å²) in [6.07, 6.45) is 6.80. The van der Waals surface area contributed by atoms with Crippen molar-refractivity contribution in [3.8, 4) is 0 Å². The third-order valence-electron chi connectivity index (χ3n) is 5.07. The van der Waals surface area contributed by atoms with Crippen LogP contribution in [0.25, 0.3) is 0 Å². The summed E-state index contributed by atoms with van der Waals surface area (Å²) < 4.78 is 5.87. The van der Waals surface area contributed by atoms with Gasteiger partial charge in [-0.15, -0.1) is 0 Å². The van der Waals surface area contributed by atoms with Crippen LogP contribution in [-0.2, 0) is 4.74 Å². The second-order valence-electron chi connectivity index (χ2n) is 5.79. The first-order chi connectivity index (χ1) is 8.24. The molecule has 1 heterocycles. The van der Waals surface area contributed by atoms with E-state index in [2.05, 4.69) is 18.7 Å². The second-order valence-corrected chi connectivity index (χ2v) is 5.79. The molecular weight excluding hydrogens is 212 g/mol. The van der Waals surface area contributed by atoms with Crippen LogP contribution in [-0.4, -0.2) is 43.3 Å². The highest BCUT2D eigenvalue weighted by atomic mass is 16.5. The maximum absolute atomic E-state index is 6.03. The fourth-order valence-corrected chi connectivity index (χ4v) is 3.46. The predicted octanol–water partition coefficient (Wildman–Crippen LogP) is 2.00. The molecule has 0 aromatic heterocycles. The zero-order chi connectivity index (χ0) is 12.3. The van der Waals surface area contributed by atoms with Crippen molar-refractivity contribution >= 4 is 0 Å². The van der Waals surface area contributed by atoms with Gasteiger partial charge in [-0.25, -0.2) is 0 Å². The van der Waals surface area contributed by atoms with Gasteiger partial charge in [0.15, 0.2) is 0 Å². The Bertz CT molecular complexity index is 232. The molecule has 1 aliphatic carbocycles. The summed E-state index contributed by atoms with van der Waals surface area (Å²) in [7, 11) is 0. The third-order valence-corrected chi connectivity index (χ3v) is 5.07. The minimum Gasteiger partial charge on any atom is -0.375 e. The summed E-state index contributed by atoms with van der Waals surface area (Å²) in [5.74, 6) is 0. The smallest absolute Gasteiger partial charge is 0.0730 e. The standard InChI is InChI=1S/C14H28N2O/c1-3-14(4-2,10-15)11-16-8-9-17-13-7-5-6-12(13)16/h12-13H,3-11,15H2,1-2H3. The molecule has 0 amide bonds. The van der Waals surface area contributed by atoms with Crippen molar-refractivity contribution in [3.05, 3.63) is 0 Å². The van der Waals surface area contributed by atoms with Crippen LogP contribution in [0.3, 0.4) is 0 Å². The van der Waals surface area contributed by atoms with E-state index < -0.39 is 0 Å². The van der Waals surface area contributed by atoms with Gasteiger partial charge in [0.05, 0.1) is 12.7 Å². The van der Waals surface area contributed by atoms with Gasteiger partial charge in [-0.2, -0.15) is 0 Å².